The van der Waals surface area contributed by atoms with Gasteiger partial charge < -0.3 is 20.6 Å². The van der Waals surface area contributed by atoms with Crippen LogP contribution in [0.2, 0.25) is 0 Å². The van der Waals surface area contributed by atoms with Crippen molar-refractivity contribution in [3.8, 4) is 0 Å². The second-order valence-electron chi connectivity index (χ2n) is 9.05. The highest BCUT2D eigenvalue weighted by atomic mass is 16.3. The van der Waals surface area contributed by atoms with E-state index in [0.717, 1.165) is 39.0 Å². The number of aliphatic imine (C=N–C) groups is 1. The normalized spacial score (nSPS) is 17.9. The number of hydrogen-bond acceptors (Lipinski definition) is 4. The Bertz CT molecular complexity index is 722. The lowest BCUT2D eigenvalue weighted by Gasteiger charge is -2.20. The molecule has 0 radical (unpaired) electrons. The van der Waals surface area contributed by atoms with E-state index in [1.54, 1.807) is 19.0 Å². The third-order valence-electron chi connectivity index (χ3n) is 6.17. The summed E-state index contributed by atoms with van der Waals surface area (Å²) >= 11 is 0. The maximum absolute atomic E-state index is 12.1. The van der Waals surface area contributed by atoms with E-state index in [0.29, 0.717) is 18.4 Å². The third kappa shape index (κ3) is 9.17. The predicted octanol–water partition coefficient (Wildman–Crippen LogP) is 2.59. The molecule has 1 fully saturated rings. The van der Waals surface area contributed by atoms with Crippen LogP contribution in [-0.2, 0) is 17.9 Å². The van der Waals surface area contributed by atoms with Crippen molar-refractivity contribution in [1.82, 2.24) is 20.4 Å². The molecular formula is C25H43N5O2. The van der Waals surface area contributed by atoms with Crippen LogP contribution in [0.15, 0.2) is 29.3 Å². The van der Waals surface area contributed by atoms with Crippen molar-refractivity contribution in [2.24, 2.45) is 10.9 Å². The maximum Gasteiger partial charge on any atom is 0.241 e. The number of unbranched alkanes of at least 4 members (excludes halogenated alkanes) is 1. The van der Waals surface area contributed by atoms with Crippen LogP contribution < -0.4 is 10.6 Å². The van der Waals surface area contributed by atoms with Crippen LogP contribution in [0.25, 0.3) is 0 Å². The monoisotopic (exact) mass is 445 g/mol. The Hall–Kier alpha value is -2.12. The van der Waals surface area contributed by atoms with Gasteiger partial charge in [-0.25, -0.2) is 4.99 Å². The van der Waals surface area contributed by atoms with Gasteiger partial charge in [0.15, 0.2) is 5.96 Å². The van der Waals surface area contributed by atoms with Crippen molar-refractivity contribution in [2.75, 3.05) is 40.3 Å². The Labute approximate surface area is 194 Å². The number of nitrogens with one attached hydrogen (secondary N) is 2. The van der Waals surface area contributed by atoms with Gasteiger partial charge in [0.1, 0.15) is 0 Å². The molecule has 0 bridgehead atoms. The molecule has 2 rings (SSSR count). The average Bonchev–Trinajstić information content (AvgIpc) is 3.20. The standard InChI is InChI=1S/C25H43N5O2/c1-5-7-10-20(6-2)15-26-25(28-17-24(32)29(3)4)27-16-21-11-8-9-12-22(21)18-30-14-13-23(31)19-30/h8-9,11-12,20,23,31H,5-7,10,13-19H2,1-4H3,(H2,26,27,28). The summed E-state index contributed by atoms with van der Waals surface area (Å²) in [5, 5.41) is 16.5. The topological polar surface area (TPSA) is 80.2 Å². The Morgan fingerprint density at radius 2 is 2.00 bits per heavy atom. The molecule has 1 aromatic rings. The first-order chi connectivity index (χ1) is 15.4. The number of likely N-dealkylation sites (tertiary alicyclic amines) is 1. The van der Waals surface area contributed by atoms with Crippen LogP contribution in [0.5, 0.6) is 0 Å². The molecule has 1 saturated heterocycles. The number of carbonyl (C=O) groups excluding carboxylic acids is 1. The zero-order chi connectivity index (χ0) is 23.3. The lowest BCUT2D eigenvalue weighted by atomic mass is 9.99. The number of aliphatic hydroxyl groups excluding tert-OH is 1. The number of nitrogens with zero attached hydrogens (tertiary/aromatic N) is 3. The van der Waals surface area contributed by atoms with Gasteiger partial charge in [-0.05, 0) is 29.9 Å². The first kappa shape index (κ1) is 26.1. The third-order valence-corrected chi connectivity index (χ3v) is 6.17. The molecule has 1 aromatic carbocycles. The van der Waals surface area contributed by atoms with E-state index >= 15 is 0 Å². The number of benzene rings is 1. The summed E-state index contributed by atoms with van der Waals surface area (Å²) < 4.78 is 0. The van der Waals surface area contributed by atoms with E-state index in [9.17, 15) is 9.90 Å². The molecule has 1 heterocycles. The van der Waals surface area contributed by atoms with Crippen LogP contribution in [0, 0.1) is 5.92 Å². The van der Waals surface area contributed by atoms with E-state index < -0.39 is 0 Å². The zero-order valence-electron chi connectivity index (χ0n) is 20.4. The van der Waals surface area contributed by atoms with Gasteiger partial charge in [-0.2, -0.15) is 0 Å². The van der Waals surface area contributed by atoms with E-state index in [1.165, 1.54) is 30.4 Å². The number of guanidine groups is 1. The zero-order valence-corrected chi connectivity index (χ0v) is 20.4. The Morgan fingerprint density at radius 3 is 2.62 bits per heavy atom. The molecule has 7 heteroatoms. The Balaban J connectivity index is 2.05. The molecule has 32 heavy (non-hydrogen) atoms. The van der Waals surface area contributed by atoms with Crippen LogP contribution in [0.3, 0.4) is 0 Å². The second kappa shape index (κ2) is 14.1. The molecule has 3 N–H and O–H groups in total. The summed E-state index contributed by atoms with van der Waals surface area (Å²) in [5.41, 5.74) is 2.41. The fourth-order valence-electron chi connectivity index (χ4n) is 3.90. The number of likely N-dealkylation sites (N-methyl/N-ethyl adjacent to an activating group) is 1. The SMILES string of the molecule is CCCCC(CC)CNC(=NCc1ccccc1CN1CCC(O)C1)NCC(=O)N(C)C. The lowest BCUT2D eigenvalue weighted by molar-refractivity contribution is -0.127. The minimum atomic E-state index is -0.214. The maximum atomic E-state index is 12.1. The summed E-state index contributed by atoms with van der Waals surface area (Å²) in [6.45, 7) is 8.56. The van der Waals surface area contributed by atoms with E-state index in [2.05, 4.69) is 47.6 Å². The highest BCUT2D eigenvalue weighted by Crippen LogP contribution is 2.17. The van der Waals surface area contributed by atoms with Crippen molar-refractivity contribution in [3.63, 3.8) is 0 Å². The first-order valence-corrected chi connectivity index (χ1v) is 12.1. The molecule has 180 valence electrons. The smallest absolute Gasteiger partial charge is 0.241 e. The summed E-state index contributed by atoms with van der Waals surface area (Å²) in [6, 6.07) is 8.36. The molecule has 0 saturated carbocycles. The quantitative estimate of drug-likeness (QED) is 0.340. The van der Waals surface area contributed by atoms with Crippen LogP contribution in [0.4, 0.5) is 0 Å². The number of amides is 1. The summed E-state index contributed by atoms with van der Waals surface area (Å²) in [4.78, 5) is 20.8. The molecule has 2 atom stereocenters. The van der Waals surface area contributed by atoms with Crippen molar-refractivity contribution < 1.29 is 9.90 Å². The number of rotatable bonds is 12. The number of hydrogen-bond donors (Lipinski definition) is 3. The van der Waals surface area contributed by atoms with Gasteiger partial charge >= 0.3 is 0 Å². The molecule has 1 amide bonds. The molecule has 7 nitrogen and oxygen atoms in total. The largest absolute Gasteiger partial charge is 0.392 e. The van der Waals surface area contributed by atoms with E-state index in [4.69, 9.17) is 4.99 Å². The Morgan fingerprint density at radius 1 is 1.25 bits per heavy atom. The summed E-state index contributed by atoms with van der Waals surface area (Å²) in [7, 11) is 3.52. The van der Waals surface area contributed by atoms with Gasteiger partial charge in [-0.3, -0.25) is 9.69 Å². The molecule has 0 spiro atoms. The van der Waals surface area contributed by atoms with Gasteiger partial charge in [-0.1, -0.05) is 57.4 Å². The van der Waals surface area contributed by atoms with Gasteiger partial charge in [0.05, 0.1) is 19.2 Å². The van der Waals surface area contributed by atoms with Crippen LogP contribution in [0.1, 0.15) is 57.1 Å². The highest BCUT2D eigenvalue weighted by Gasteiger charge is 2.20. The van der Waals surface area contributed by atoms with Gasteiger partial charge in [0, 0.05) is 40.3 Å². The number of aliphatic hydroxyl groups is 1. The lowest BCUT2D eigenvalue weighted by Crippen LogP contribution is -2.44. The summed E-state index contributed by atoms with van der Waals surface area (Å²) in [5.74, 6) is 1.30. The van der Waals surface area contributed by atoms with Crippen LogP contribution >= 0.6 is 0 Å². The van der Waals surface area contributed by atoms with Crippen LogP contribution in [-0.4, -0.2) is 73.2 Å². The van der Waals surface area contributed by atoms with E-state index in [-0.39, 0.29) is 18.6 Å². The molecule has 0 aliphatic carbocycles. The number of β-amino-alcohol motifs (C(OH)–C–C–N with tert-alkyl or cyclic N) is 1. The van der Waals surface area contributed by atoms with Crippen molar-refractivity contribution in [1.29, 1.82) is 0 Å². The molecule has 1 aliphatic rings. The number of carbonyl (C=O) groups is 1. The molecule has 1 aliphatic heterocycles. The molecule has 0 aromatic heterocycles. The first-order valence-electron chi connectivity index (χ1n) is 12.1. The van der Waals surface area contributed by atoms with Crippen molar-refractivity contribution in [2.45, 2.75) is 65.1 Å². The van der Waals surface area contributed by atoms with Gasteiger partial charge in [-0.15, -0.1) is 0 Å². The fourth-order valence-corrected chi connectivity index (χ4v) is 3.90. The van der Waals surface area contributed by atoms with Crippen molar-refractivity contribution >= 4 is 11.9 Å². The van der Waals surface area contributed by atoms with Crippen molar-refractivity contribution in [3.05, 3.63) is 35.4 Å². The fraction of sp³-hybridized carbons (Fsp3) is 0.680. The minimum absolute atomic E-state index is 0.0190. The summed E-state index contributed by atoms with van der Waals surface area (Å²) in [6.07, 6.45) is 5.40. The highest BCUT2D eigenvalue weighted by molar-refractivity contribution is 5.86. The predicted molar refractivity (Wildman–Crippen MR) is 131 cm³/mol. The van der Waals surface area contributed by atoms with E-state index in [1.807, 2.05) is 6.07 Å². The van der Waals surface area contributed by atoms with Gasteiger partial charge in [0.25, 0.3) is 0 Å². The minimum Gasteiger partial charge on any atom is -0.392 e. The van der Waals surface area contributed by atoms with Gasteiger partial charge in [0.2, 0.25) is 5.91 Å². The Kier molecular flexibility index (Phi) is 11.5. The average molecular weight is 446 g/mol. The second-order valence-corrected chi connectivity index (χ2v) is 9.05. The molecule has 2 unspecified atom stereocenters. The molecular weight excluding hydrogens is 402 g/mol.